The number of hydrogen-bond donors (Lipinski definition) is 2. The van der Waals surface area contributed by atoms with Crippen LogP contribution in [0.5, 0.6) is 0 Å². The van der Waals surface area contributed by atoms with Crippen LogP contribution >= 0.6 is 23.1 Å². The number of H-pyrrole nitrogens is 1. The van der Waals surface area contributed by atoms with Gasteiger partial charge in [0, 0.05) is 18.8 Å². The van der Waals surface area contributed by atoms with Crippen molar-refractivity contribution in [3.8, 4) is 10.6 Å². The highest BCUT2D eigenvalue weighted by atomic mass is 32.2. The lowest BCUT2D eigenvalue weighted by Crippen LogP contribution is -2.07. The number of anilines is 1. The van der Waals surface area contributed by atoms with Gasteiger partial charge in [0.1, 0.15) is 0 Å². The van der Waals surface area contributed by atoms with E-state index in [4.69, 9.17) is 0 Å². The molecular formula is C11H14N4OS2. The molecule has 0 saturated carbocycles. The first kappa shape index (κ1) is 13.1. The van der Waals surface area contributed by atoms with Crippen molar-refractivity contribution in [2.24, 2.45) is 0 Å². The number of thiazole rings is 1. The van der Waals surface area contributed by atoms with Gasteiger partial charge in [-0.2, -0.15) is 0 Å². The lowest BCUT2D eigenvalue weighted by molar-refractivity contribution is 0.947. The molecule has 5 nitrogen and oxygen atoms in total. The molecule has 0 radical (unpaired) electrons. The van der Waals surface area contributed by atoms with Gasteiger partial charge in [0.15, 0.2) is 10.3 Å². The van der Waals surface area contributed by atoms with Crippen LogP contribution in [-0.4, -0.2) is 27.8 Å². The molecule has 0 spiro atoms. The van der Waals surface area contributed by atoms with Crippen molar-refractivity contribution in [3.05, 3.63) is 22.6 Å². The Labute approximate surface area is 113 Å². The summed E-state index contributed by atoms with van der Waals surface area (Å²) in [4.78, 5) is 23.7. The highest BCUT2D eigenvalue weighted by Gasteiger charge is 2.07. The molecule has 7 heteroatoms. The smallest absolute Gasteiger partial charge is 0.252 e. The van der Waals surface area contributed by atoms with E-state index >= 15 is 0 Å². The van der Waals surface area contributed by atoms with Crippen molar-refractivity contribution in [1.29, 1.82) is 0 Å². The molecule has 0 fully saturated rings. The van der Waals surface area contributed by atoms with Gasteiger partial charge < -0.3 is 10.3 Å². The van der Waals surface area contributed by atoms with Crippen LogP contribution in [-0.2, 0) is 0 Å². The summed E-state index contributed by atoms with van der Waals surface area (Å²) < 4.78 is 0. The highest BCUT2D eigenvalue weighted by Crippen LogP contribution is 2.27. The Morgan fingerprint density at radius 1 is 1.56 bits per heavy atom. The zero-order valence-electron chi connectivity index (χ0n) is 10.2. The van der Waals surface area contributed by atoms with E-state index in [2.05, 4.69) is 27.2 Å². The fourth-order valence-electron chi connectivity index (χ4n) is 1.36. The third kappa shape index (κ3) is 3.11. The number of hydrogen-bond acceptors (Lipinski definition) is 6. The Morgan fingerprint density at radius 3 is 3.11 bits per heavy atom. The monoisotopic (exact) mass is 282 g/mol. The summed E-state index contributed by atoms with van der Waals surface area (Å²) in [5, 5.41) is 4.70. The lowest BCUT2D eigenvalue weighted by atomic mass is 10.4. The molecule has 0 amide bonds. The Bertz CT molecular complexity index is 578. The van der Waals surface area contributed by atoms with Gasteiger partial charge in [-0.1, -0.05) is 30.0 Å². The number of nitrogens with zero attached hydrogens (tertiary/aromatic N) is 2. The molecule has 2 rings (SSSR count). The van der Waals surface area contributed by atoms with E-state index in [1.807, 2.05) is 6.26 Å². The Balaban J connectivity index is 2.28. The van der Waals surface area contributed by atoms with Crippen LogP contribution in [0.25, 0.3) is 10.6 Å². The molecule has 2 heterocycles. The van der Waals surface area contributed by atoms with Gasteiger partial charge in [-0.15, -0.1) is 0 Å². The molecule has 0 aromatic carbocycles. The van der Waals surface area contributed by atoms with Crippen molar-refractivity contribution in [2.45, 2.75) is 18.5 Å². The van der Waals surface area contributed by atoms with E-state index in [1.54, 1.807) is 6.20 Å². The predicted molar refractivity (Wildman–Crippen MR) is 76.5 cm³/mol. The fraction of sp³-hybridized carbons (Fsp3) is 0.364. The minimum absolute atomic E-state index is 0.138. The van der Waals surface area contributed by atoms with Crippen LogP contribution in [0.4, 0.5) is 5.13 Å². The Hall–Kier alpha value is -1.34. The summed E-state index contributed by atoms with van der Waals surface area (Å²) in [6, 6.07) is 1.50. The molecule has 0 aliphatic rings. The van der Waals surface area contributed by atoms with Crippen LogP contribution in [0.3, 0.4) is 0 Å². The molecule has 0 aliphatic heterocycles. The van der Waals surface area contributed by atoms with Crippen molar-refractivity contribution in [2.75, 3.05) is 18.1 Å². The lowest BCUT2D eigenvalue weighted by Gasteiger charge is -1.99. The maximum absolute atomic E-state index is 11.5. The molecule has 2 aromatic heterocycles. The van der Waals surface area contributed by atoms with Crippen molar-refractivity contribution < 1.29 is 0 Å². The van der Waals surface area contributed by atoms with Crippen LogP contribution in [0.1, 0.15) is 13.3 Å². The highest BCUT2D eigenvalue weighted by molar-refractivity contribution is 7.98. The first-order valence-electron chi connectivity index (χ1n) is 5.58. The molecule has 0 atom stereocenters. The van der Waals surface area contributed by atoms with Crippen molar-refractivity contribution >= 4 is 28.2 Å². The maximum Gasteiger partial charge on any atom is 0.252 e. The first-order valence-corrected chi connectivity index (χ1v) is 7.62. The third-order valence-corrected chi connectivity index (χ3v) is 3.76. The summed E-state index contributed by atoms with van der Waals surface area (Å²) in [7, 11) is 0. The van der Waals surface area contributed by atoms with Crippen molar-refractivity contribution in [1.82, 2.24) is 15.0 Å². The van der Waals surface area contributed by atoms with E-state index < -0.39 is 0 Å². The van der Waals surface area contributed by atoms with Gasteiger partial charge in [0.05, 0.1) is 10.6 Å². The van der Waals surface area contributed by atoms with E-state index in [0.717, 1.165) is 23.0 Å². The van der Waals surface area contributed by atoms with Gasteiger partial charge >= 0.3 is 0 Å². The van der Waals surface area contributed by atoms with Crippen LogP contribution < -0.4 is 10.9 Å². The number of aromatic nitrogens is 3. The standard InChI is InChI=1S/C11H14N4OS2/c1-3-4-12-10-13-6-8(18-10)7-5-9(16)15-11(14-7)17-2/h5-6H,3-4H2,1-2H3,(H,12,13)(H,14,15,16). The normalized spacial score (nSPS) is 10.6. The quantitative estimate of drug-likeness (QED) is 0.651. The van der Waals surface area contributed by atoms with E-state index in [0.29, 0.717) is 10.9 Å². The Kier molecular flexibility index (Phi) is 4.38. The SMILES string of the molecule is CCCNc1ncc(-c2cc(=O)[nH]c(SC)n2)s1. The molecule has 2 N–H and O–H groups in total. The summed E-state index contributed by atoms with van der Waals surface area (Å²) in [5.74, 6) is 0. The van der Waals surface area contributed by atoms with E-state index in [-0.39, 0.29) is 5.56 Å². The Morgan fingerprint density at radius 2 is 2.39 bits per heavy atom. The second-order valence-corrected chi connectivity index (χ2v) is 5.42. The third-order valence-electron chi connectivity index (χ3n) is 2.20. The number of nitrogens with one attached hydrogen (secondary N) is 2. The molecule has 2 aromatic rings. The van der Waals surface area contributed by atoms with Gasteiger partial charge in [-0.25, -0.2) is 9.97 Å². The average Bonchev–Trinajstić information content (AvgIpc) is 2.84. The first-order chi connectivity index (χ1) is 8.72. The second-order valence-electron chi connectivity index (χ2n) is 3.60. The van der Waals surface area contributed by atoms with Gasteiger partial charge in [0.2, 0.25) is 0 Å². The minimum atomic E-state index is -0.138. The number of thioether (sulfide) groups is 1. The van der Waals surface area contributed by atoms with Crippen LogP contribution in [0, 0.1) is 0 Å². The molecule has 0 bridgehead atoms. The van der Waals surface area contributed by atoms with Crippen LogP contribution in [0.15, 0.2) is 22.2 Å². The average molecular weight is 282 g/mol. The van der Waals surface area contributed by atoms with E-state index in [9.17, 15) is 4.79 Å². The second kappa shape index (κ2) is 6.01. The maximum atomic E-state index is 11.5. The minimum Gasteiger partial charge on any atom is -0.362 e. The van der Waals surface area contributed by atoms with Gasteiger partial charge in [-0.3, -0.25) is 4.79 Å². The molecular weight excluding hydrogens is 268 g/mol. The summed E-state index contributed by atoms with van der Waals surface area (Å²) >= 11 is 2.92. The summed E-state index contributed by atoms with van der Waals surface area (Å²) in [5.41, 5.74) is 0.533. The zero-order valence-corrected chi connectivity index (χ0v) is 11.8. The summed E-state index contributed by atoms with van der Waals surface area (Å²) in [6.45, 7) is 3.00. The van der Waals surface area contributed by atoms with Crippen LogP contribution in [0.2, 0.25) is 0 Å². The molecule has 18 heavy (non-hydrogen) atoms. The van der Waals surface area contributed by atoms with E-state index in [1.165, 1.54) is 29.2 Å². The fourth-order valence-corrected chi connectivity index (χ4v) is 2.56. The molecule has 96 valence electrons. The molecule has 0 unspecified atom stereocenters. The zero-order chi connectivity index (χ0) is 13.0. The molecule has 0 saturated heterocycles. The predicted octanol–water partition coefficient (Wildman–Crippen LogP) is 2.44. The van der Waals surface area contributed by atoms with Gasteiger partial charge in [0.25, 0.3) is 5.56 Å². The summed E-state index contributed by atoms with van der Waals surface area (Å²) in [6.07, 6.45) is 4.67. The molecule has 0 aliphatic carbocycles. The largest absolute Gasteiger partial charge is 0.362 e. The number of aromatic amines is 1. The number of rotatable bonds is 5. The van der Waals surface area contributed by atoms with Gasteiger partial charge in [-0.05, 0) is 12.7 Å². The topological polar surface area (TPSA) is 70.7 Å². The van der Waals surface area contributed by atoms with Crippen molar-refractivity contribution in [3.63, 3.8) is 0 Å².